The van der Waals surface area contributed by atoms with E-state index in [4.69, 9.17) is 0 Å². The molecule has 0 N–H and O–H groups in total. The van der Waals surface area contributed by atoms with Gasteiger partial charge < -0.3 is 9.80 Å². The average molecular weight is 411 g/mol. The van der Waals surface area contributed by atoms with E-state index in [2.05, 4.69) is 77.6 Å². The van der Waals surface area contributed by atoms with Crippen LogP contribution in [-0.2, 0) is 7.05 Å². The molecule has 164 valence electrons. The summed E-state index contributed by atoms with van der Waals surface area (Å²) in [5.74, 6) is 1.58. The summed E-state index contributed by atoms with van der Waals surface area (Å²) in [6, 6.07) is 4.33. The lowest BCUT2D eigenvalue weighted by Gasteiger charge is -2.37. The minimum Gasteiger partial charge on any atom is -0.349 e. The van der Waals surface area contributed by atoms with Gasteiger partial charge in [0.1, 0.15) is 0 Å². The van der Waals surface area contributed by atoms with Crippen molar-refractivity contribution < 1.29 is 0 Å². The Balaban J connectivity index is 1.51. The highest BCUT2D eigenvalue weighted by molar-refractivity contribution is 5.42. The van der Waals surface area contributed by atoms with Gasteiger partial charge in [-0.15, -0.1) is 5.10 Å². The first-order valence-electron chi connectivity index (χ1n) is 11.4. The highest BCUT2D eigenvalue weighted by Gasteiger charge is 2.59. The molecule has 30 heavy (non-hydrogen) atoms. The fourth-order valence-electron chi connectivity index (χ4n) is 5.37. The average Bonchev–Trinajstić information content (AvgIpc) is 3.30. The third kappa shape index (κ3) is 4.25. The van der Waals surface area contributed by atoms with Gasteiger partial charge >= 0.3 is 0 Å². The number of aromatic nitrogens is 4. The highest BCUT2D eigenvalue weighted by Crippen LogP contribution is 2.65. The molecule has 2 unspecified atom stereocenters. The van der Waals surface area contributed by atoms with Gasteiger partial charge in [0.25, 0.3) is 0 Å². The largest absolute Gasteiger partial charge is 0.349 e. The normalized spacial score (nSPS) is 22.3. The first kappa shape index (κ1) is 21.3. The zero-order valence-corrected chi connectivity index (χ0v) is 19.6. The molecule has 2 aromatic heterocycles. The van der Waals surface area contributed by atoms with Crippen molar-refractivity contribution in [1.82, 2.24) is 24.9 Å². The van der Waals surface area contributed by atoms with Crippen molar-refractivity contribution in [3.63, 3.8) is 0 Å². The molecule has 2 aromatic rings. The van der Waals surface area contributed by atoms with Crippen LogP contribution >= 0.6 is 0 Å². The summed E-state index contributed by atoms with van der Waals surface area (Å²) >= 11 is 0. The molecule has 1 aliphatic carbocycles. The Morgan fingerprint density at radius 3 is 2.57 bits per heavy atom. The molecule has 0 aromatic carbocycles. The molecule has 6 heteroatoms. The summed E-state index contributed by atoms with van der Waals surface area (Å²) in [5, 5.41) is 13.1. The van der Waals surface area contributed by atoms with Crippen molar-refractivity contribution in [3.05, 3.63) is 35.8 Å². The van der Waals surface area contributed by atoms with Gasteiger partial charge in [-0.2, -0.15) is 10.2 Å². The summed E-state index contributed by atoms with van der Waals surface area (Å²) in [5.41, 5.74) is 3.47. The van der Waals surface area contributed by atoms with Crippen LogP contribution in [0.25, 0.3) is 0 Å². The zero-order chi connectivity index (χ0) is 21.5. The Bertz CT molecular complexity index is 825. The Labute approximate surface area is 181 Å². The van der Waals surface area contributed by atoms with Gasteiger partial charge in [-0.05, 0) is 86.7 Å². The smallest absolute Gasteiger partial charge is 0.151 e. The SMILES string of the molecule is Cc1cnn(C)c1C(C1CC12CCN(CCC(C)(C)C)CC2)N(C)c1cccnn1. The van der Waals surface area contributed by atoms with Crippen LogP contribution < -0.4 is 4.90 Å². The van der Waals surface area contributed by atoms with Crippen molar-refractivity contribution >= 4 is 5.82 Å². The molecule has 6 nitrogen and oxygen atoms in total. The van der Waals surface area contributed by atoms with Crippen LogP contribution in [0, 0.1) is 23.7 Å². The number of anilines is 1. The third-order valence-corrected chi connectivity index (χ3v) is 7.46. The van der Waals surface area contributed by atoms with Gasteiger partial charge in [0.15, 0.2) is 5.82 Å². The number of rotatable bonds is 6. The second-order valence-corrected chi connectivity index (χ2v) is 10.8. The van der Waals surface area contributed by atoms with Crippen LogP contribution in [0.3, 0.4) is 0 Å². The summed E-state index contributed by atoms with van der Waals surface area (Å²) < 4.78 is 2.07. The predicted molar refractivity (Wildman–Crippen MR) is 121 cm³/mol. The summed E-state index contributed by atoms with van der Waals surface area (Å²) in [7, 11) is 4.25. The lowest BCUT2D eigenvalue weighted by Crippen LogP contribution is -2.38. The highest BCUT2D eigenvalue weighted by atomic mass is 15.3. The number of nitrogens with zero attached hydrogens (tertiary/aromatic N) is 6. The monoisotopic (exact) mass is 410 g/mol. The second-order valence-electron chi connectivity index (χ2n) is 10.8. The number of piperidine rings is 1. The Morgan fingerprint density at radius 1 is 1.27 bits per heavy atom. The van der Waals surface area contributed by atoms with Crippen LogP contribution in [0.4, 0.5) is 5.82 Å². The number of hydrogen-bond donors (Lipinski definition) is 0. The van der Waals surface area contributed by atoms with E-state index in [0.29, 0.717) is 16.7 Å². The molecule has 3 heterocycles. The Hall–Kier alpha value is -1.95. The number of likely N-dealkylation sites (tertiary alicyclic amines) is 1. The first-order valence-corrected chi connectivity index (χ1v) is 11.4. The molecule has 1 saturated heterocycles. The van der Waals surface area contributed by atoms with E-state index in [1.54, 1.807) is 6.20 Å². The fourth-order valence-corrected chi connectivity index (χ4v) is 5.37. The molecule has 2 atom stereocenters. The van der Waals surface area contributed by atoms with Gasteiger partial charge in [-0.3, -0.25) is 4.68 Å². The minimum absolute atomic E-state index is 0.287. The van der Waals surface area contributed by atoms with E-state index < -0.39 is 0 Å². The van der Waals surface area contributed by atoms with E-state index in [1.807, 2.05) is 12.3 Å². The molecule has 2 fully saturated rings. The van der Waals surface area contributed by atoms with E-state index in [9.17, 15) is 0 Å². The van der Waals surface area contributed by atoms with Gasteiger partial charge in [0.2, 0.25) is 0 Å². The first-order chi connectivity index (χ1) is 14.2. The van der Waals surface area contributed by atoms with Gasteiger partial charge in [0, 0.05) is 20.3 Å². The zero-order valence-electron chi connectivity index (χ0n) is 19.6. The number of hydrogen-bond acceptors (Lipinski definition) is 5. The van der Waals surface area contributed by atoms with Crippen LogP contribution in [-0.4, -0.2) is 51.6 Å². The minimum atomic E-state index is 0.287. The van der Waals surface area contributed by atoms with Crippen LogP contribution in [0.15, 0.2) is 24.5 Å². The summed E-state index contributed by atoms with van der Waals surface area (Å²) in [6.07, 6.45) is 8.94. The van der Waals surface area contributed by atoms with E-state index in [1.165, 1.54) is 56.6 Å². The maximum atomic E-state index is 4.56. The molecule has 1 aliphatic heterocycles. The van der Waals surface area contributed by atoms with Gasteiger partial charge in [-0.1, -0.05) is 20.8 Å². The van der Waals surface area contributed by atoms with Crippen molar-refractivity contribution in [2.24, 2.45) is 23.8 Å². The molecular weight excluding hydrogens is 372 g/mol. The van der Waals surface area contributed by atoms with E-state index in [-0.39, 0.29) is 6.04 Å². The van der Waals surface area contributed by atoms with Crippen molar-refractivity contribution in [2.45, 2.75) is 59.4 Å². The van der Waals surface area contributed by atoms with Crippen LogP contribution in [0.1, 0.15) is 63.8 Å². The maximum absolute atomic E-state index is 4.56. The van der Waals surface area contributed by atoms with Gasteiger partial charge in [-0.25, -0.2) is 0 Å². The lowest BCUT2D eigenvalue weighted by atomic mass is 9.86. The molecule has 1 saturated carbocycles. The molecule has 4 rings (SSSR count). The van der Waals surface area contributed by atoms with E-state index >= 15 is 0 Å². The molecule has 1 spiro atoms. The van der Waals surface area contributed by atoms with Crippen molar-refractivity contribution in [2.75, 3.05) is 31.6 Å². The predicted octanol–water partition coefficient (Wildman–Crippen LogP) is 4.23. The Morgan fingerprint density at radius 2 is 2.00 bits per heavy atom. The second kappa shape index (κ2) is 7.95. The summed E-state index contributed by atoms with van der Waals surface area (Å²) in [6.45, 7) is 12.9. The standard InChI is InChI=1S/C24H38N6/c1-18-17-26-29(6)21(18)22(28(5)20-8-7-12-25-27-20)19-16-24(19)10-14-30(15-11-24)13-9-23(2,3)4/h7-8,12,17,19,22H,9-11,13-16H2,1-6H3. The maximum Gasteiger partial charge on any atom is 0.151 e. The van der Waals surface area contributed by atoms with Crippen molar-refractivity contribution in [3.8, 4) is 0 Å². The summed E-state index contributed by atoms with van der Waals surface area (Å²) in [4.78, 5) is 5.02. The third-order valence-electron chi connectivity index (χ3n) is 7.46. The van der Waals surface area contributed by atoms with Gasteiger partial charge in [0.05, 0.1) is 17.9 Å². The quantitative estimate of drug-likeness (QED) is 0.713. The molecule has 0 bridgehead atoms. The molecular formula is C24H38N6. The van der Waals surface area contributed by atoms with Crippen LogP contribution in [0.2, 0.25) is 0 Å². The number of aryl methyl sites for hydroxylation is 2. The topological polar surface area (TPSA) is 50.1 Å². The lowest BCUT2D eigenvalue weighted by molar-refractivity contribution is 0.142. The van der Waals surface area contributed by atoms with Crippen molar-refractivity contribution in [1.29, 1.82) is 0 Å². The Kier molecular flexibility index (Phi) is 5.64. The van der Waals surface area contributed by atoms with Crippen LogP contribution in [0.5, 0.6) is 0 Å². The molecule has 0 radical (unpaired) electrons. The molecule has 2 aliphatic rings. The molecule has 0 amide bonds. The fraction of sp³-hybridized carbons (Fsp3) is 0.708. The van der Waals surface area contributed by atoms with E-state index in [0.717, 1.165) is 5.82 Å².